The number of rotatable bonds is 4. The molecule has 0 aromatic carbocycles. The summed E-state index contributed by atoms with van der Waals surface area (Å²) in [6, 6.07) is 3.33. The molecule has 1 aromatic heterocycles. The Bertz CT molecular complexity index is 402. The van der Waals surface area contributed by atoms with E-state index in [0.717, 1.165) is 6.54 Å². The van der Waals surface area contributed by atoms with Gasteiger partial charge in [-0.25, -0.2) is 0 Å². The fraction of sp³-hybridized carbons (Fsp3) is 0.733. The second-order valence-corrected chi connectivity index (χ2v) is 6.94. The van der Waals surface area contributed by atoms with Gasteiger partial charge in [0, 0.05) is 23.5 Å². The summed E-state index contributed by atoms with van der Waals surface area (Å²) < 4.78 is 0. The van der Waals surface area contributed by atoms with Gasteiger partial charge in [0.2, 0.25) is 0 Å². The minimum atomic E-state index is 0.162. The Morgan fingerprint density at radius 3 is 2.79 bits per heavy atom. The summed E-state index contributed by atoms with van der Waals surface area (Å²) in [7, 11) is 4.47. The predicted octanol–water partition coefficient (Wildman–Crippen LogP) is 2.47. The molecule has 3 unspecified atom stereocenters. The highest BCUT2D eigenvalue weighted by molar-refractivity contribution is 7.10. The Kier molecular flexibility index (Phi) is 5.01. The summed E-state index contributed by atoms with van der Waals surface area (Å²) in [5.74, 6) is 0. The van der Waals surface area contributed by atoms with E-state index in [4.69, 9.17) is 5.73 Å². The van der Waals surface area contributed by atoms with Crippen LogP contribution in [0.4, 0.5) is 0 Å². The van der Waals surface area contributed by atoms with Crippen LogP contribution in [0.25, 0.3) is 0 Å². The number of likely N-dealkylation sites (N-methyl/N-ethyl adjacent to an activating group) is 2. The average molecular weight is 281 g/mol. The lowest BCUT2D eigenvalue weighted by Crippen LogP contribution is -2.49. The number of hydrogen-bond donors (Lipinski definition) is 1. The fourth-order valence-electron chi connectivity index (χ4n) is 3.18. The highest BCUT2D eigenvalue weighted by Gasteiger charge is 2.30. The van der Waals surface area contributed by atoms with Crippen LogP contribution in [-0.4, -0.2) is 49.1 Å². The van der Waals surface area contributed by atoms with Gasteiger partial charge in [-0.3, -0.25) is 4.90 Å². The standard InChI is InChI=1S/C15H27N3S/c1-11-7-9-19-15(11)14(12(2)16)18(4)13-6-5-8-17(3)10-13/h7,9,12-14H,5-6,8,10,16H2,1-4H3. The van der Waals surface area contributed by atoms with Crippen molar-refractivity contribution in [3.05, 3.63) is 21.9 Å². The van der Waals surface area contributed by atoms with E-state index in [-0.39, 0.29) is 6.04 Å². The number of hydrogen-bond acceptors (Lipinski definition) is 4. The second kappa shape index (κ2) is 6.35. The van der Waals surface area contributed by atoms with E-state index in [1.807, 2.05) is 11.3 Å². The van der Waals surface area contributed by atoms with Gasteiger partial charge in [0.1, 0.15) is 0 Å². The molecule has 3 atom stereocenters. The van der Waals surface area contributed by atoms with Crippen molar-refractivity contribution >= 4 is 11.3 Å². The van der Waals surface area contributed by atoms with Crippen molar-refractivity contribution in [2.75, 3.05) is 27.2 Å². The molecule has 0 spiro atoms. The predicted molar refractivity (Wildman–Crippen MR) is 83.7 cm³/mol. The topological polar surface area (TPSA) is 32.5 Å². The van der Waals surface area contributed by atoms with Crippen LogP contribution in [0.3, 0.4) is 0 Å². The zero-order chi connectivity index (χ0) is 14.0. The first-order valence-corrected chi connectivity index (χ1v) is 8.08. The lowest BCUT2D eigenvalue weighted by atomic mass is 9.98. The molecular weight excluding hydrogens is 254 g/mol. The van der Waals surface area contributed by atoms with Crippen LogP contribution in [0, 0.1) is 6.92 Å². The number of aryl methyl sites for hydroxylation is 1. The Morgan fingerprint density at radius 1 is 1.53 bits per heavy atom. The van der Waals surface area contributed by atoms with Gasteiger partial charge in [-0.05, 0) is 64.3 Å². The van der Waals surface area contributed by atoms with Crippen LogP contribution in [0.5, 0.6) is 0 Å². The van der Waals surface area contributed by atoms with Gasteiger partial charge in [-0.1, -0.05) is 0 Å². The van der Waals surface area contributed by atoms with Gasteiger partial charge in [0.05, 0.1) is 6.04 Å². The lowest BCUT2D eigenvalue weighted by Gasteiger charge is -2.41. The molecule has 0 amide bonds. The minimum Gasteiger partial charge on any atom is -0.326 e. The largest absolute Gasteiger partial charge is 0.326 e. The lowest BCUT2D eigenvalue weighted by molar-refractivity contribution is 0.0905. The molecule has 3 nitrogen and oxygen atoms in total. The monoisotopic (exact) mass is 281 g/mol. The van der Waals surface area contributed by atoms with E-state index in [1.165, 1.54) is 29.8 Å². The van der Waals surface area contributed by atoms with Crippen molar-refractivity contribution in [2.24, 2.45) is 5.73 Å². The van der Waals surface area contributed by atoms with E-state index < -0.39 is 0 Å². The van der Waals surface area contributed by atoms with Crippen LogP contribution < -0.4 is 5.73 Å². The number of piperidine rings is 1. The quantitative estimate of drug-likeness (QED) is 0.920. The zero-order valence-corrected chi connectivity index (χ0v) is 13.4. The first-order chi connectivity index (χ1) is 9.00. The number of likely N-dealkylation sites (tertiary alicyclic amines) is 1. The number of thiophene rings is 1. The molecule has 2 rings (SSSR count). The first kappa shape index (κ1) is 15.0. The molecular formula is C15H27N3S. The normalized spacial score (nSPS) is 24.6. The van der Waals surface area contributed by atoms with Crippen molar-refractivity contribution in [1.82, 2.24) is 9.80 Å². The maximum atomic E-state index is 6.29. The van der Waals surface area contributed by atoms with Crippen LogP contribution in [0.15, 0.2) is 11.4 Å². The molecule has 1 aromatic rings. The third-order valence-electron chi connectivity index (χ3n) is 4.28. The maximum Gasteiger partial charge on any atom is 0.0593 e. The van der Waals surface area contributed by atoms with E-state index in [1.54, 1.807) is 0 Å². The number of nitrogens with two attached hydrogens (primary N) is 1. The van der Waals surface area contributed by atoms with Crippen LogP contribution in [-0.2, 0) is 0 Å². The van der Waals surface area contributed by atoms with Gasteiger partial charge in [-0.2, -0.15) is 0 Å². The average Bonchev–Trinajstić information content (AvgIpc) is 2.75. The molecule has 0 saturated carbocycles. The van der Waals surface area contributed by atoms with Gasteiger partial charge >= 0.3 is 0 Å². The molecule has 2 heterocycles. The summed E-state index contributed by atoms with van der Waals surface area (Å²) in [4.78, 5) is 6.38. The first-order valence-electron chi connectivity index (χ1n) is 7.20. The maximum absolute atomic E-state index is 6.29. The Balaban J connectivity index is 2.17. The molecule has 0 radical (unpaired) electrons. The molecule has 1 aliphatic rings. The molecule has 19 heavy (non-hydrogen) atoms. The van der Waals surface area contributed by atoms with Gasteiger partial charge in [-0.15, -0.1) is 11.3 Å². The van der Waals surface area contributed by atoms with E-state index >= 15 is 0 Å². The summed E-state index contributed by atoms with van der Waals surface area (Å²) >= 11 is 1.84. The van der Waals surface area contributed by atoms with E-state index in [0.29, 0.717) is 12.1 Å². The molecule has 0 bridgehead atoms. The van der Waals surface area contributed by atoms with Gasteiger partial charge in [0.15, 0.2) is 0 Å². The van der Waals surface area contributed by atoms with Gasteiger partial charge < -0.3 is 10.6 Å². The minimum absolute atomic E-state index is 0.162. The smallest absolute Gasteiger partial charge is 0.0593 e. The van der Waals surface area contributed by atoms with Crippen LogP contribution >= 0.6 is 11.3 Å². The molecule has 1 saturated heterocycles. The van der Waals surface area contributed by atoms with E-state index in [2.05, 4.69) is 49.2 Å². The molecule has 108 valence electrons. The highest BCUT2D eigenvalue weighted by Crippen LogP contribution is 2.32. The number of nitrogens with zero attached hydrogens (tertiary/aromatic N) is 2. The summed E-state index contributed by atoms with van der Waals surface area (Å²) in [5.41, 5.74) is 7.67. The van der Waals surface area contributed by atoms with Crippen molar-refractivity contribution in [3.8, 4) is 0 Å². The third-order valence-corrected chi connectivity index (χ3v) is 5.37. The molecule has 2 N–H and O–H groups in total. The van der Waals surface area contributed by atoms with Crippen molar-refractivity contribution < 1.29 is 0 Å². The fourth-order valence-corrected chi connectivity index (χ4v) is 4.37. The van der Waals surface area contributed by atoms with Crippen molar-refractivity contribution in [3.63, 3.8) is 0 Å². The molecule has 1 aliphatic heterocycles. The van der Waals surface area contributed by atoms with Crippen molar-refractivity contribution in [2.45, 2.75) is 44.8 Å². The Morgan fingerprint density at radius 2 is 2.26 bits per heavy atom. The summed E-state index contributed by atoms with van der Waals surface area (Å²) in [6.07, 6.45) is 2.58. The zero-order valence-electron chi connectivity index (χ0n) is 12.6. The SMILES string of the molecule is Cc1ccsc1C(C(C)N)N(C)C1CCCN(C)C1. The summed E-state index contributed by atoms with van der Waals surface area (Å²) in [5, 5.41) is 2.18. The molecule has 4 heteroatoms. The van der Waals surface area contributed by atoms with Gasteiger partial charge in [0.25, 0.3) is 0 Å². The Labute approximate surface area is 121 Å². The molecule has 0 aliphatic carbocycles. The third kappa shape index (κ3) is 3.37. The van der Waals surface area contributed by atoms with Crippen LogP contribution in [0.1, 0.15) is 36.2 Å². The van der Waals surface area contributed by atoms with Crippen molar-refractivity contribution in [1.29, 1.82) is 0 Å². The highest BCUT2D eigenvalue weighted by atomic mass is 32.1. The summed E-state index contributed by atoms with van der Waals surface area (Å²) in [6.45, 7) is 6.71. The van der Waals surface area contributed by atoms with E-state index in [9.17, 15) is 0 Å². The Hall–Kier alpha value is -0.420. The molecule has 1 fully saturated rings. The van der Waals surface area contributed by atoms with Crippen LogP contribution in [0.2, 0.25) is 0 Å². The second-order valence-electron chi connectivity index (χ2n) is 6.00.